The summed E-state index contributed by atoms with van der Waals surface area (Å²) in [5.74, 6) is 0. The number of aliphatic hydroxyl groups excluding tert-OH is 1. The van der Waals surface area contributed by atoms with Crippen molar-refractivity contribution in [2.75, 3.05) is 0 Å². The van der Waals surface area contributed by atoms with Gasteiger partial charge in [0.15, 0.2) is 0 Å². The first-order chi connectivity index (χ1) is 8.77. The van der Waals surface area contributed by atoms with Crippen LogP contribution in [0.1, 0.15) is 18.6 Å². The van der Waals surface area contributed by atoms with Crippen LogP contribution in [-0.2, 0) is 0 Å². The second-order valence-electron chi connectivity index (χ2n) is 4.35. The summed E-state index contributed by atoms with van der Waals surface area (Å²) in [4.78, 5) is 4.03. The monoisotopic (exact) mass is 238 g/mol. The quantitative estimate of drug-likeness (QED) is 0.745. The van der Waals surface area contributed by atoms with E-state index in [2.05, 4.69) is 15.6 Å². The van der Waals surface area contributed by atoms with Gasteiger partial charge < -0.3 is 9.67 Å². The lowest BCUT2D eigenvalue weighted by Gasteiger charge is -2.08. The van der Waals surface area contributed by atoms with Crippen LogP contribution < -0.4 is 0 Å². The van der Waals surface area contributed by atoms with Crippen LogP contribution in [0.2, 0.25) is 0 Å². The fraction of sp³-hybridized carbons (Fsp3) is 0.133. The summed E-state index contributed by atoms with van der Waals surface area (Å²) in [5.41, 5.74) is 3.13. The summed E-state index contributed by atoms with van der Waals surface area (Å²) in [6.07, 6.45) is 5.12. The number of pyridine rings is 1. The van der Waals surface area contributed by atoms with Gasteiger partial charge in [-0.05, 0) is 36.8 Å². The van der Waals surface area contributed by atoms with Crippen LogP contribution in [-0.4, -0.2) is 14.7 Å². The molecule has 0 aliphatic rings. The molecule has 0 saturated heterocycles. The van der Waals surface area contributed by atoms with E-state index in [1.807, 2.05) is 36.5 Å². The highest BCUT2D eigenvalue weighted by Crippen LogP contribution is 2.27. The normalized spacial score (nSPS) is 12.8. The van der Waals surface area contributed by atoms with Gasteiger partial charge in [-0.2, -0.15) is 0 Å². The molecule has 0 amide bonds. The van der Waals surface area contributed by atoms with Crippen molar-refractivity contribution in [3.63, 3.8) is 0 Å². The van der Waals surface area contributed by atoms with Gasteiger partial charge in [-0.1, -0.05) is 12.1 Å². The number of hydrogen-bond donors (Lipinski definition) is 1. The van der Waals surface area contributed by atoms with Crippen molar-refractivity contribution in [3.8, 4) is 5.69 Å². The molecule has 0 aliphatic heterocycles. The molecule has 0 radical (unpaired) electrons. The van der Waals surface area contributed by atoms with E-state index in [0.717, 1.165) is 22.2 Å². The summed E-state index contributed by atoms with van der Waals surface area (Å²) in [6, 6.07) is 12.0. The number of benzene rings is 1. The van der Waals surface area contributed by atoms with Crippen molar-refractivity contribution >= 4 is 10.9 Å². The first-order valence-corrected chi connectivity index (χ1v) is 5.96. The average Bonchev–Trinajstić information content (AvgIpc) is 2.83. The fourth-order valence-corrected chi connectivity index (χ4v) is 2.29. The largest absolute Gasteiger partial charge is 0.389 e. The molecule has 3 rings (SSSR count). The van der Waals surface area contributed by atoms with Gasteiger partial charge in [0.1, 0.15) is 0 Å². The van der Waals surface area contributed by atoms with E-state index in [4.69, 9.17) is 0 Å². The van der Waals surface area contributed by atoms with Crippen LogP contribution in [0.15, 0.2) is 55.0 Å². The Morgan fingerprint density at radius 1 is 1.11 bits per heavy atom. The lowest BCUT2D eigenvalue weighted by molar-refractivity contribution is 0.201. The van der Waals surface area contributed by atoms with Gasteiger partial charge in [-0.15, -0.1) is 0 Å². The van der Waals surface area contributed by atoms with E-state index in [-0.39, 0.29) is 0 Å². The Bertz CT molecular complexity index is 671. The van der Waals surface area contributed by atoms with Crippen LogP contribution in [0, 0.1) is 0 Å². The van der Waals surface area contributed by atoms with Crippen LogP contribution in [0.4, 0.5) is 0 Å². The van der Waals surface area contributed by atoms with Gasteiger partial charge in [0.25, 0.3) is 0 Å². The van der Waals surface area contributed by atoms with Gasteiger partial charge in [-0.25, -0.2) is 0 Å². The highest BCUT2D eigenvalue weighted by Gasteiger charge is 2.09. The SMILES string of the molecule is CC(O)c1cccc2c1ccn2-c1ccncc1. The van der Waals surface area contributed by atoms with Crippen molar-refractivity contribution < 1.29 is 5.11 Å². The molecule has 0 bridgehead atoms. The summed E-state index contributed by atoms with van der Waals surface area (Å²) in [7, 11) is 0. The van der Waals surface area contributed by atoms with Crippen molar-refractivity contribution in [2.45, 2.75) is 13.0 Å². The summed E-state index contributed by atoms with van der Waals surface area (Å²) in [6.45, 7) is 1.79. The molecule has 3 aromatic rings. The third-order valence-electron chi connectivity index (χ3n) is 3.16. The van der Waals surface area contributed by atoms with Gasteiger partial charge in [-0.3, -0.25) is 4.98 Å². The number of hydrogen-bond acceptors (Lipinski definition) is 2. The van der Waals surface area contributed by atoms with E-state index in [1.54, 1.807) is 19.3 Å². The summed E-state index contributed by atoms with van der Waals surface area (Å²) in [5, 5.41) is 10.9. The highest BCUT2D eigenvalue weighted by atomic mass is 16.3. The van der Waals surface area contributed by atoms with E-state index < -0.39 is 6.10 Å². The van der Waals surface area contributed by atoms with Crippen molar-refractivity contribution in [1.29, 1.82) is 0 Å². The Morgan fingerprint density at radius 3 is 2.61 bits per heavy atom. The molecule has 1 aromatic carbocycles. The number of aliphatic hydroxyl groups is 1. The molecule has 18 heavy (non-hydrogen) atoms. The van der Waals surface area contributed by atoms with Crippen LogP contribution in [0.25, 0.3) is 16.6 Å². The Kier molecular flexibility index (Phi) is 2.61. The molecule has 1 unspecified atom stereocenters. The molecular formula is C15H14N2O. The molecule has 90 valence electrons. The molecule has 2 heterocycles. The molecule has 0 saturated carbocycles. The maximum absolute atomic E-state index is 9.78. The topological polar surface area (TPSA) is 38.0 Å². The molecule has 2 aromatic heterocycles. The lowest BCUT2D eigenvalue weighted by atomic mass is 10.1. The Balaban J connectivity index is 2.25. The van der Waals surface area contributed by atoms with Crippen LogP contribution in [0.5, 0.6) is 0 Å². The maximum atomic E-state index is 9.78. The predicted molar refractivity (Wildman–Crippen MR) is 71.7 cm³/mol. The minimum absolute atomic E-state index is 0.456. The Labute approximate surface area is 105 Å². The van der Waals surface area contributed by atoms with Crippen LogP contribution in [0.3, 0.4) is 0 Å². The summed E-state index contributed by atoms with van der Waals surface area (Å²) < 4.78 is 2.10. The first kappa shape index (κ1) is 11.0. The second kappa shape index (κ2) is 4.27. The van der Waals surface area contributed by atoms with Crippen molar-refractivity contribution in [3.05, 3.63) is 60.6 Å². The van der Waals surface area contributed by atoms with Crippen LogP contribution >= 0.6 is 0 Å². The third-order valence-corrected chi connectivity index (χ3v) is 3.16. The van der Waals surface area contributed by atoms with Gasteiger partial charge in [0.05, 0.1) is 11.6 Å². The minimum atomic E-state index is -0.456. The second-order valence-corrected chi connectivity index (χ2v) is 4.35. The number of fused-ring (bicyclic) bond motifs is 1. The molecule has 0 aliphatic carbocycles. The molecule has 0 spiro atoms. The molecule has 1 N–H and O–H groups in total. The third kappa shape index (κ3) is 1.69. The van der Waals surface area contributed by atoms with E-state index in [9.17, 15) is 5.11 Å². The first-order valence-electron chi connectivity index (χ1n) is 5.96. The van der Waals surface area contributed by atoms with Gasteiger partial charge >= 0.3 is 0 Å². The Hall–Kier alpha value is -2.13. The smallest absolute Gasteiger partial charge is 0.0768 e. The molecular weight excluding hydrogens is 224 g/mol. The maximum Gasteiger partial charge on any atom is 0.0768 e. The van der Waals surface area contributed by atoms with Gasteiger partial charge in [0.2, 0.25) is 0 Å². The molecule has 3 heteroatoms. The van der Waals surface area contributed by atoms with Crippen molar-refractivity contribution in [2.24, 2.45) is 0 Å². The average molecular weight is 238 g/mol. The van der Waals surface area contributed by atoms with Gasteiger partial charge in [0, 0.05) is 29.7 Å². The number of nitrogens with zero attached hydrogens (tertiary/aromatic N) is 2. The number of aromatic nitrogens is 2. The summed E-state index contributed by atoms with van der Waals surface area (Å²) >= 11 is 0. The number of rotatable bonds is 2. The molecule has 0 fully saturated rings. The zero-order chi connectivity index (χ0) is 12.5. The predicted octanol–water partition coefficient (Wildman–Crippen LogP) is 3.08. The molecule has 1 atom stereocenters. The Morgan fingerprint density at radius 2 is 1.89 bits per heavy atom. The molecule has 3 nitrogen and oxygen atoms in total. The zero-order valence-corrected chi connectivity index (χ0v) is 10.1. The van der Waals surface area contributed by atoms with Crippen molar-refractivity contribution in [1.82, 2.24) is 9.55 Å². The highest BCUT2D eigenvalue weighted by molar-refractivity contribution is 5.85. The zero-order valence-electron chi connectivity index (χ0n) is 10.1. The standard InChI is InChI=1S/C15H14N2O/c1-11(18)13-3-2-4-15-14(13)7-10-17(15)12-5-8-16-9-6-12/h2-11,18H,1H3. The van der Waals surface area contributed by atoms with E-state index in [1.165, 1.54) is 0 Å². The fourth-order valence-electron chi connectivity index (χ4n) is 2.29. The van der Waals surface area contributed by atoms with E-state index in [0.29, 0.717) is 0 Å². The lowest BCUT2D eigenvalue weighted by Crippen LogP contribution is -1.94. The van der Waals surface area contributed by atoms with E-state index >= 15 is 0 Å². The minimum Gasteiger partial charge on any atom is -0.389 e.